The second-order valence-corrected chi connectivity index (χ2v) is 11.8. The molecule has 0 saturated carbocycles. The van der Waals surface area contributed by atoms with E-state index >= 15 is 0 Å². The molecule has 1 amide bonds. The topological polar surface area (TPSA) is 177 Å². The number of hydrogen-bond donors (Lipinski definition) is 2. The minimum absolute atomic E-state index is 0.131. The van der Waals surface area contributed by atoms with E-state index in [1.165, 1.54) is 0 Å². The summed E-state index contributed by atoms with van der Waals surface area (Å²) in [5.74, 6) is -1.34. The summed E-state index contributed by atoms with van der Waals surface area (Å²) in [7, 11) is 0. The van der Waals surface area contributed by atoms with Gasteiger partial charge in [0, 0.05) is 44.0 Å². The Labute approximate surface area is 232 Å². The number of carbonyl (C=O) groups excluding carboxylic acids is 2. The average Bonchev–Trinajstić information content (AvgIpc) is 2.85. The monoisotopic (exact) mass is 556 g/mol. The van der Waals surface area contributed by atoms with Gasteiger partial charge in [-0.25, -0.2) is 29.3 Å². The van der Waals surface area contributed by atoms with Gasteiger partial charge in [-0.15, -0.1) is 0 Å². The third-order valence-electron chi connectivity index (χ3n) is 6.21. The predicted octanol–water partition coefficient (Wildman–Crippen LogP) is 1.88. The van der Waals surface area contributed by atoms with Crippen LogP contribution in [0.15, 0.2) is 12.4 Å². The number of nitrogen functional groups attached to an aromatic ring is 1. The number of ether oxygens (including phenoxy) is 2. The van der Waals surface area contributed by atoms with Crippen LogP contribution in [0.2, 0.25) is 0 Å². The first-order valence-corrected chi connectivity index (χ1v) is 13.0. The zero-order valence-corrected chi connectivity index (χ0v) is 23.7. The van der Waals surface area contributed by atoms with Crippen LogP contribution in [0, 0.1) is 0 Å². The number of rotatable bonds is 4. The molecule has 0 spiro atoms. The van der Waals surface area contributed by atoms with Gasteiger partial charge in [-0.1, -0.05) is 0 Å². The van der Waals surface area contributed by atoms with E-state index < -0.39 is 29.2 Å². The van der Waals surface area contributed by atoms with E-state index in [0.29, 0.717) is 38.5 Å². The van der Waals surface area contributed by atoms with Crippen LogP contribution in [0.4, 0.5) is 22.5 Å². The summed E-state index contributed by atoms with van der Waals surface area (Å²) >= 11 is 0. The average molecular weight is 557 g/mol. The number of nitrogens with two attached hydrogens (primary N) is 1. The van der Waals surface area contributed by atoms with Crippen molar-refractivity contribution < 1.29 is 29.0 Å². The summed E-state index contributed by atoms with van der Waals surface area (Å²) in [5.41, 5.74) is 5.99. The molecule has 2 aliphatic heterocycles. The second-order valence-electron chi connectivity index (χ2n) is 11.8. The molecule has 2 aromatic rings. The van der Waals surface area contributed by atoms with Crippen molar-refractivity contribution in [3.8, 4) is 0 Å². The van der Waals surface area contributed by atoms with Crippen molar-refractivity contribution >= 4 is 35.7 Å². The highest BCUT2D eigenvalue weighted by Gasteiger charge is 2.38. The molecule has 14 heteroatoms. The molecule has 2 aliphatic rings. The zero-order valence-electron chi connectivity index (χ0n) is 23.7. The molecule has 3 N–H and O–H groups in total. The van der Waals surface area contributed by atoms with Crippen LogP contribution in [-0.4, -0.2) is 91.4 Å². The molecule has 4 rings (SSSR count). The normalized spacial score (nSPS) is 17.8. The molecule has 14 nitrogen and oxygen atoms in total. The lowest BCUT2D eigenvalue weighted by Crippen LogP contribution is -2.58. The molecule has 0 bridgehead atoms. The predicted molar refractivity (Wildman–Crippen MR) is 145 cm³/mol. The van der Waals surface area contributed by atoms with Gasteiger partial charge in [0.1, 0.15) is 28.6 Å². The van der Waals surface area contributed by atoms with E-state index in [4.69, 9.17) is 20.2 Å². The van der Waals surface area contributed by atoms with Crippen molar-refractivity contribution in [2.75, 3.05) is 41.7 Å². The summed E-state index contributed by atoms with van der Waals surface area (Å²) in [6, 6.07) is -0.828. The van der Waals surface area contributed by atoms with Crippen LogP contribution >= 0.6 is 0 Å². The van der Waals surface area contributed by atoms with Crippen molar-refractivity contribution in [2.45, 2.75) is 71.8 Å². The van der Waals surface area contributed by atoms with Gasteiger partial charge in [-0.05, 0) is 41.5 Å². The summed E-state index contributed by atoms with van der Waals surface area (Å²) in [6.07, 6.45) is 3.00. The first-order chi connectivity index (χ1) is 18.6. The lowest BCUT2D eigenvalue weighted by atomic mass is 10.1. The molecule has 1 fully saturated rings. The zero-order chi connectivity index (χ0) is 29.4. The van der Waals surface area contributed by atoms with Gasteiger partial charge in [0.15, 0.2) is 0 Å². The molecule has 1 saturated heterocycles. The highest BCUT2D eigenvalue weighted by Crippen LogP contribution is 2.26. The van der Waals surface area contributed by atoms with E-state index in [-0.39, 0.29) is 30.0 Å². The van der Waals surface area contributed by atoms with Crippen LogP contribution in [0.1, 0.15) is 63.2 Å². The molecule has 0 aromatic carbocycles. The van der Waals surface area contributed by atoms with Gasteiger partial charge in [-0.2, -0.15) is 4.98 Å². The number of fused-ring (bicyclic) bond motifs is 1. The number of esters is 1. The van der Waals surface area contributed by atoms with Gasteiger partial charge in [0.25, 0.3) is 0 Å². The maximum Gasteiger partial charge on any atom is 0.410 e. The van der Waals surface area contributed by atoms with Crippen molar-refractivity contribution in [2.24, 2.45) is 0 Å². The number of carbonyl (C=O) groups is 3. The Morgan fingerprint density at radius 1 is 0.950 bits per heavy atom. The lowest BCUT2D eigenvalue weighted by molar-refractivity contribution is -0.156. The molecule has 216 valence electrons. The lowest BCUT2D eigenvalue weighted by Gasteiger charge is -2.41. The van der Waals surface area contributed by atoms with Crippen LogP contribution in [0.5, 0.6) is 0 Å². The van der Waals surface area contributed by atoms with Crippen molar-refractivity contribution in [1.29, 1.82) is 0 Å². The van der Waals surface area contributed by atoms with Crippen molar-refractivity contribution in [3.05, 3.63) is 29.2 Å². The summed E-state index contributed by atoms with van der Waals surface area (Å²) < 4.78 is 11.2. The largest absolute Gasteiger partial charge is 0.477 e. The first-order valence-electron chi connectivity index (χ1n) is 13.0. The number of nitrogens with zero attached hydrogens (tertiary/aromatic N) is 7. The summed E-state index contributed by atoms with van der Waals surface area (Å²) in [6.45, 7) is 12.6. The highest BCUT2D eigenvalue weighted by molar-refractivity contribution is 5.92. The van der Waals surface area contributed by atoms with E-state index in [9.17, 15) is 19.5 Å². The third-order valence-corrected chi connectivity index (χ3v) is 6.21. The number of aromatic carboxylic acids is 1. The number of aromatic nitrogens is 4. The van der Waals surface area contributed by atoms with Gasteiger partial charge in [0.05, 0.1) is 18.8 Å². The molecule has 1 unspecified atom stereocenters. The second kappa shape index (κ2) is 10.7. The number of hydrogen-bond acceptors (Lipinski definition) is 12. The number of anilines is 3. The number of amides is 1. The molecule has 0 aliphatic carbocycles. The number of piperazine rings is 1. The quantitative estimate of drug-likeness (QED) is 0.522. The van der Waals surface area contributed by atoms with E-state index in [1.807, 2.05) is 25.7 Å². The Morgan fingerprint density at radius 2 is 1.62 bits per heavy atom. The number of carboxylic acid groups (broad SMARTS) is 1. The van der Waals surface area contributed by atoms with Crippen LogP contribution in [0.3, 0.4) is 0 Å². The smallest absolute Gasteiger partial charge is 0.410 e. The third kappa shape index (κ3) is 6.66. The maximum atomic E-state index is 13.3. The maximum absolute atomic E-state index is 13.3. The van der Waals surface area contributed by atoms with Crippen LogP contribution in [-0.2, 0) is 27.2 Å². The number of carboxylic acids is 1. The Kier molecular flexibility index (Phi) is 7.72. The Morgan fingerprint density at radius 3 is 2.25 bits per heavy atom. The minimum Gasteiger partial charge on any atom is -0.477 e. The standard InChI is InChI=1S/C26H36N8O6/c1-25(2,3)39-21(37)18-14-32(9-10-34(18)23-29-12-16(20(35)36)19(27)31-23)22-28-11-15-13-33(8-7-17(15)30-22)24(38)40-26(4,5)6/h11-12,18H,7-10,13-14H2,1-6H3,(H,35,36)(H2,27,29,31). The van der Waals surface area contributed by atoms with E-state index in [1.54, 1.807) is 36.8 Å². The first kappa shape index (κ1) is 28.8. The van der Waals surface area contributed by atoms with Gasteiger partial charge >= 0.3 is 18.0 Å². The molecule has 1 atom stereocenters. The fraction of sp³-hybridized carbons (Fsp3) is 0.577. The summed E-state index contributed by atoms with van der Waals surface area (Å²) in [4.78, 5) is 60.0. The Bertz CT molecular complexity index is 1310. The van der Waals surface area contributed by atoms with Gasteiger partial charge in [-0.3, -0.25) is 0 Å². The van der Waals surface area contributed by atoms with Crippen molar-refractivity contribution in [1.82, 2.24) is 24.8 Å². The minimum atomic E-state index is -1.24. The molecule has 4 heterocycles. The SMILES string of the molecule is CC(C)(C)OC(=O)C1CN(c2ncc3c(n2)CCN(C(=O)OC(C)(C)C)C3)CCN1c1ncc(C(=O)O)c(N)n1. The molecule has 0 radical (unpaired) electrons. The fourth-order valence-corrected chi connectivity index (χ4v) is 4.40. The summed E-state index contributed by atoms with van der Waals surface area (Å²) in [5, 5.41) is 9.27. The van der Waals surface area contributed by atoms with Crippen LogP contribution < -0.4 is 15.5 Å². The highest BCUT2D eigenvalue weighted by atomic mass is 16.6. The Balaban J connectivity index is 1.55. The van der Waals surface area contributed by atoms with Crippen LogP contribution in [0.25, 0.3) is 0 Å². The van der Waals surface area contributed by atoms with E-state index in [0.717, 1.165) is 17.5 Å². The van der Waals surface area contributed by atoms with Gasteiger partial charge in [0.2, 0.25) is 11.9 Å². The molecular weight excluding hydrogens is 520 g/mol. The Hall–Kier alpha value is -4.23. The fourth-order valence-electron chi connectivity index (χ4n) is 4.40. The molecule has 40 heavy (non-hydrogen) atoms. The molecular formula is C26H36N8O6. The van der Waals surface area contributed by atoms with Gasteiger partial charge < -0.3 is 35.0 Å². The molecule has 2 aromatic heterocycles. The van der Waals surface area contributed by atoms with E-state index in [2.05, 4.69) is 15.0 Å². The van der Waals surface area contributed by atoms with Crippen molar-refractivity contribution in [3.63, 3.8) is 0 Å².